The predicted molar refractivity (Wildman–Crippen MR) is 96.2 cm³/mol. The Morgan fingerprint density at radius 3 is 2.68 bits per heavy atom. The topological polar surface area (TPSA) is 61.4 Å². The molecule has 25 heavy (non-hydrogen) atoms. The molecule has 1 aliphatic heterocycles. The van der Waals surface area contributed by atoms with Gasteiger partial charge in [0.2, 0.25) is 0 Å². The highest BCUT2D eigenvalue weighted by Crippen LogP contribution is 2.25. The van der Waals surface area contributed by atoms with Crippen LogP contribution in [0.3, 0.4) is 0 Å². The van der Waals surface area contributed by atoms with Gasteiger partial charge >= 0.3 is 0 Å². The van der Waals surface area contributed by atoms with Gasteiger partial charge in [0.1, 0.15) is 5.82 Å². The molecule has 0 spiro atoms. The minimum atomic E-state index is -0.902. The second kappa shape index (κ2) is 7.52. The Bertz CT molecular complexity index is 759. The van der Waals surface area contributed by atoms with E-state index in [0.29, 0.717) is 34.7 Å². The first-order chi connectivity index (χ1) is 12.0. The Balaban J connectivity index is 1.66. The summed E-state index contributed by atoms with van der Waals surface area (Å²) >= 11 is 5.76. The van der Waals surface area contributed by atoms with Gasteiger partial charge in [-0.25, -0.2) is 4.39 Å². The molecular weight excluding hydrogens is 343 g/mol. The molecule has 1 amide bonds. The Morgan fingerprint density at radius 2 is 2.04 bits per heavy atom. The number of nitrogens with one attached hydrogen (secondary N) is 2. The molecule has 132 valence electrons. The number of β-amino-alcohol motifs (C(OH)–C–C–N with tert-alkyl or cyclic N) is 1. The van der Waals surface area contributed by atoms with Crippen molar-refractivity contribution in [2.75, 3.05) is 19.6 Å². The molecule has 0 aliphatic carbocycles. The maximum atomic E-state index is 14.0. The molecule has 1 aliphatic rings. The van der Waals surface area contributed by atoms with Crippen LogP contribution in [0.15, 0.2) is 42.5 Å². The quantitative estimate of drug-likeness (QED) is 0.783. The molecule has 0 saturated carbocycles. The number of hydrogen-bond acceptors (Lipinski definition) is 3. The first-order valence-corrected chi connectivity index (χ1v) is 8.61. The molecule has 0 unspecified atom stereocenters. The Labute approximate surface area is 151 Å². The first kappa shape index (κ1) is 17.9. The van der Waals surface area contributed by atoms with Gasteiger partial charge in [0.25, 0.3) is 5.91 Å². The number of halogens is 2. The maximum absolute atomic E-state index is 14.0. The summed E-state index contributed by atoms with van der Waals surface area (Å²) in [5.74, 6) is -0.668. The molecule has 2 aromatic carbocycles. The van der Waals surface area contributed by atoms with E-state index >= 15 is 0 Å². The normalized spacial score (nSPS) is 20.3. The molecule has 6 heteroatoms. The third-order valence-corrected chi connectivity index (χ3v) is 4.65. The van der Waals surface area contributed by atoms with Gasteiger partial charge in [-0.1, -0.05) is 23.7 Å². The summed E-state index contributed by atoms with van der Waals surface area (Å²) in [6.45, 7) is 1.56. The van der Waals surface area contributed by atoms with Gasteiger partial charge in [0.05, 0.1) is 5.60 Å². The van der Waals surface area contributed by atoms with Crippen molar-refractivity contribution in [3.63, 3.8) is 0 Å². The molecule has 4 nitrogen and oxygen atoms in total. The smallest absolute Gasteiger partial charge is 0.251 e. The largest absolute Gasteiger partial charge is 0.387 e. The van der Waals surface area contributed by atoms with Crippen LogP contribution in [0.4, 0.5) is 4.39 Å². The Morgan fingerprint density at radius 1 is 1.28 bits per heavy atom. The van der Waals surface area contributed by atoms with Crippen molar-refractivity contribution in [1.29, 1.82) is 0 Å². The number of aliphatic hydroxyl groups is 1. The second-order valence-electron chi connectivity index (χ2n) is 6.39. The van der Waals surface area contributed by atoms with Crippen LogP contribution < -0.4 is 10.6 Å². The molecule has 0 radical (unpaired) electrons. The van der Waals surface area contributed by atoms with Crippen molar-refractivity contribution in [3.05, 3.63) is 58.9 Å². The molecule has 0 bridgehead atoms. The van der Waals surface area contributed by atoms with E-state index in [1.807, 2.05) is 0 Å². The van der Waals surface area contributed by atoms with Crippen LogP contribution in [-0.2, 0) is 0 Å². The lowest BCUT2D eigenvalue weighted by Crippen LogP contribution is -2.52. The van der Waals surface area contributed by atoms with Gasteiger partial charge in [-0.05, 0) is 55.3 Å². The number of amides is 1. The molecule has 1 atom stereocenters. The average Bonchev–Trinajstić information content (AvgIpc) is 2.61. The zero-order valence-electron chi connectivity index (χ0n) is 13.7. The van der Waals surface area contributed by atoms with E-state index in [-0.39, 0.29) is 12.5 Å². The molecule has 3 N–H and O–H groups in total. The highest BCUT2D eigenvalue weighted by molar-refractivity contribution is 6.30. The monoisotopic (exact) mass is 362 g/mol. The van der Waals surface area contributed by atoms with Gasteiger partial charge in [0.15, 0.2) is 0 Å². The fraction of sp³-hybridized carbons (Fsp3) is 0.316. The van der Waals surface area contributed by atoms with E-state index in [0.717, 1.165) is 13.0 Å². The van der Waals surface area contributed by atoms with E-state index in [1.54, 1.807) is 36.4 Å². The minimum absolute atomic E-state index is 0.201. The van der Waals surface area contributed by atoms with Crippen LogP contribution >= 0.6 is 11.6 Å². The van der Waals surface area contributed by atoms with E-state index in [4.69, 9.17) is 11.6 Å². The standard InChI is InChI=1S/C19H20ClFN2O2/c20-15-6-7-16(17(21)10-15)13-2-4-14(5-3-13)18(24)23-12-19(25)8-1-9-22-11-19/h2-7,10,22,25H,1,8-9,11-12H2,(H,23,24)/t19-/m1/s1. The third kappa shape index (κ3) is 4.37. The fourth-order valence-corrected chi connectivity index (χ4v) is 3.13. The predicted octanol–water partition coefficient (Wildman–Crippen LogP) is 2.99. The summed E-state index contributed by atoms with van der Waals surface area (Å²) in [4.78, 5) is 12.3. The van der Waals surface area contributed by atoms with Gasteiger partial charge in [-0.2, -0.15) is 0 Å². The van der Waals surface area contributed by atoms with Crippen LogP contribution in [0.1, 0.15) is 23.2 Å². The molecule has 1 saturated heterocycles. The zero-order chi connectivity index (χ0) is 17.9. The Kier molecular flexibility index (Phi) is 5.37. The van der Waals surface area contributed by atoms with Crippen LogP contribution in [0.2, 0.25) is 5.02 Å². The molecule has 3 rings (SSSR count). The summed E-state index contributed by atoms with van der Waals surface area (Å²) in [7, 11) is 0. The van der Waals surface area contributed by atoms with Crippen molar-refractivity contribution in [2.24, 2.45) is 0 Å². The molecule has 1 heterocycles. The van der Waals surface area contributed by atoms with Crippen molar-refractivity contribution < 1.29 is 14.3 Å². The van der Waals surface area contributed by atoms with E-state index in [2.05, 4.69) is 10.6 Å². The maximum Gasteiger partial charge on any atom is 0.251 e. The van der Waals surface area contributed by atoms with Crippen molar-refractivity contribution in [1.82, 2.24) is 10.6 Å². The zero-order valence-corrected chi connectivity index (χ0v) is 14.4. The number of hydrogen-bond donors (Lipinski definition) is 3. The summed E-state index contributed by atoms with van der Waals surface area (Å²) in [5, 5.41) is 16.6. The minimum Gasteiger partial charge on any atom is -0.387 e. The first-order valence-electron chi connectivity index (χ1n) is 8.24. The van der Waals surface area contributed by atoms with Crippen LogP contribution in [0.25, 0.3) is 11.1 Å². The van der Waals surface area contributed by atoms with Gasteiger partial charge in [0, 0.05) is 29.2 Å². The van der Waals surface area contributed by atoms with Crippen molar-refractivity contribution in [2.45, 2.75) is 18.4 Å². The lowest BCUT2D eigenvalue weighted by atomic mass is 9.94. The molecule has 1 fully saturated rings. The Hall–Kier alpha value is -1.95. The van der Waals surface area contributed by atoms with Crippen LogP contribution in [0.5, 0.6) is 0 Å². The van der Waals surface area contributed by atoms with Crippen LogP contribution in [-0.4, -0.2) is 36.2 Å². The SMILES string of the molecule is O=C(NC[C@@]1(O)CCCNC1)c1ccc(-c2ccc(Cl)cc2F)cc1. The summed E-state index contributed by atoms with van der Waals surface area (Å²) in [6, 6.07) is 11.2. The van der Waals surface area contributed by atoms with Crippen molar-refractivity contribution >= 4 is 17.5 Å². The number of carbonyl (C=O) groups excluding carboxylic acids is 1. The number of rotatable bonds is 4. The lowest BCUT2D eigenvalue weighted by molar-refractivity contribution is 0.0170. The molecular formula is C19H20ClFN2O2. The van der Waals surface area contributed by atoms with E-state index in [9.17, 15) is 14.3 Å². The van der Waals surface area contributed by atoms with Gasteiger partial charge < -0.3 is 15.7 Å². The molecule has 2 aromatic rings. The van der Waals surface area contributed by atoms with E-state index < -0.39 is 11.4 Å². The number of piperidine rings is 1. The van der Waals surface area contributed by atoms with Crippen molar-refractivity contribution in [3.8, 4) is 11.1 Å². The lowest BCUT2D eigenvalue weighted by Gasteiger charge is -2.32. The third-order valence-electron chi connectivity index (χ3n) is 4.42. The highest BCUT2D eigenvalue weighted by atomic mass is 35.5. The summed E-state index contributed by atoms with van der Waals surface area (Å²) in [6.07, 6.45) is 1.54. The second-order valence-corrected chi connectivity index (χ2v) is 6.83. The number of carbonyl (C=O) groups is 1. The van der Waals surface area contributed by atoms with Gasteiger partial charge in [-0.3, -0.25) is 4.79 Å². The summed E-state index contributed by atoms with van der Waals surface area (Å²) in [5.41, 5.74) is 0.658. The van der Waals surface area contributed by atoms with E-state index in [1.165, 1.54) is 6.07 Å². The average molecular weight is 363 g/mol. The fourth-order valence-electron chi connectivity index (χ4n) is 2.97. The summed E-state index contributed by atoms with van der Waals surface area (Å²) < 4.78 is 14.0. The molecule has 0 aromatic heterocycles. The number of benzene rings is 2. The van der Waals surface area contributed by atoms with Crippen LogP contribution in [0, 0.1) is 5.82 Å². The van der Waals surface area contributed by atoms with Gasteiger partial charge in [-0.15, -0.1) is 0 Å². The highest BCUT2D eigenvalue weighted by Gasteiger charge is 2.29.